The fourth-order valence-electron chi connectivity index (χ4n) is 3.80. The summed E-state index contributed by atoms with van der Waals surface area (Å²) in [6, 6.07) is 10.6. The smallest absolute Gasteiger partial charge is 0.119 e. The van der Waals surface area contributed by atoms with E-state index in [9.17, 15) is 0 Å². The quantitative estimate of drug-likeness (QED) is 0.902. The van der Waals surface area contributed by atoms with E-state index in [1.54, 1.807) is 0 Å². The van der Waals surface area contributed by atoms with Gasteiger partial charge in [0.1, 0.15) is 5.72 Å². The molecule has 0 saturated carbocycles. The Hall–Kier alpha value is -0.900. The molecule has 3 rings (SSSR count). The number of ether oxygens (including phenoxy) is 1. The maximum atomic E-state index is 6.42. The first-order valence-electron chi connectivity index (χ1n) is 8.90. The van der Waals surface area contributed by atoms with Crippen LogP contribution in [-0.2, 0) is 11.3 Å². The Balaban J connectivity index is 1.59. The summed E-state index contributed by atoms with van der Waals surface area (Å²) >= 11 is 0. The van der Waals surface area contributed by atoms with E-state index < -0.39 is 0 Å². The van der Waals surface area contributed by atoms with Crippen molar-refractivity contribution in [3.63, 3.8) is 0 Å². The van der Waals surface area contributed by atoms with Crippen LogP contribution in [0.25, 0.3) is 0 Å². The average molecular weight is 302 g/mol. The van der Waals surface area contributed by atoms with Crippen molar-refractivity contribution in [2.24, 2.45) is 5.92 Å². The summed E-state index contributed by atoms with van der Waals surface area (Å²) < 4.78 is 6.42. The maximum absolute atomic E-state index is 6.42. The summed E-state index contributed by atoms with van der Waals surface area (Å²) in [6.45, 7) is 7.74. The van der Waals surface area contributed by atoms with Crippen molar-refractivity contribution in [3.05, 3.63) is 35.9 Å². The number of rotatable bonds is 5. The van der Waals surface area contributed by atoms with Crippen LogP contribution in [0.15, 0.2) is 30.3 Å². The molecule has 0 aliphatic carbocycles. The number of likely N-dealkylation sites (tertiary alicyclic amines) is 1. The molecule has 0 radical (unpaired) electrons. The molecule has 3 nitrogen and oxygen atoms in total. The van der Waals surface area contributed by atoms with E-state index in [0.29, 0.717) is 0 Å². The van der Waals surface area contributed by atoms with E-state index in [1.165, 1.54) is 57.4 Å². The van der Waals surface area contributed by atoms with Crippen LogP contribution in [-0.4, -0.2) is 36.8 Å². The monoisotopic (exact) mass is 302 g/mol. The zero-order valence-corrected chi connectivity index (χ0v) is 13.9. The topological polar surface area (TPSA) is 24.5 Å². The largest absolute Gasteiger partial charge is 0.356 e. The summed E-state index contributed by atoms with van der Waals surface area (Å²) in [5.41, 5.74) is 1.18. The van der Waals surface area contributed by atoms with Gasteiger partial charge in [0.25, 0.3) is 0 Å². The molecule has 2 saturated heterocycles. The van der Waals surface area contributed by atoms with Gasteiger partial charge in [-0.25, -0.2) is 0 Å². The Morgan fingerprint density at radius 1 is 1.23 bits per heavy atom. The Kier molecular flexibility index (Phi) is 5.51. The minimum atomic E-state index is -0.0917. The number of hydrogen-bond acceptors (Lipinski definition) is 3. The van der Waals surface area contributed by atoms with Crippen molar-refractivity contribution in [2.45, 2.75) is 51.4 Å². The molecule has 2 heterocycles. The lowest BCUT2D eigenvalue weighted by Crippen LogP contribution is -2.54. The molecular formula is C19H30N2O. The van der Waals surface area contributed by atoms with Gasteiger partial charge in [-0.15, -0.1) is 0 Å². The molecule has 2 atom stereocenters. The fourth-order valence-corrected chi connectivity index (χ4v) is 3.80. The fraction of sp³-hybridized carbons (Fsp3) is 0.684. The van der Waals surface area contributed by atoms with Crippen LogP contribution < -0.4 is 5.32 Å². The standard InChI is InChI=1S/C19H30N2O/c1-19(22-16-17-8-3-2-4-9-17)11-5-6-13-21(19)15-18-10-7-12-20-14-18/h2-4,8-9,18,20H,5-7,10-16H2,1H3/t18-,19?/m0/s1. The highest BCUT2D eigenvalue weighted by atomic mass is 16.5. The van der Waals surface area contributed by atoms with Gasteiger partial charge >= 0.3 is 0 Å². The molecule has 0 amide bonds. The highest BCUT2D eigenvalue weighted by molar-refractivity contribution is 5.13. The summed E-state index contributed by atoms with van der Waals surface area (Å²) in [5, 5.41) is 3.54. The summed E-state index contributed by atoms with van der Waals surface area (Å²) in [6.07, 6.45) is 6.42. The molecule has 1 unspecified atom stereocenters. The number of nitrogens with one attached hydrogen (secondary N) is 1. The molecular weight excluding hydrogens is 272 g/mol. The van der Waals surface area contributed by atoms with Gasteiger partial charge in [0.2, 0.25) is 0 Å². The lowest BCUT2D eigenvalue weighted by Gasteiger charge is -2.46. The van der Waals surface area contributed by atoms with Gasteiger partial charge < -0.3 is 10.1 Å². The Morgan fingerprint density at radius 3 is 2.86 bits per heavy atom. The molecule has 0 spiro atoms. The van der Waals surface area contributed by atoms with Crippen LogP contribution in [0, 0.1) is 5.92 Å². The summed E-state index contributed by atoms with van der Waals surface area (Å²) in [4.78, 5) is 2.61. The lowest BCUT2D eigenvalue weighted by molar-refractivity contribution is -0.175. The van der Waals surface area contributed by atoms with Crippen molar-refractivity contribution < 1.29 is 4.74 Å². The van der Waals surface area contributed by atoms with Crippen LogP contribution in [0.2, 0.25) is 0 Å². The number of piperidine rings is 2. The van der Waals surface area contributed by atoms with Crippen LogP contribution in [0.4, 0.5) is 0 Å². The maximum Gasteiger partial charge on any atom is 0.119 e. The first-order chi connectivity index (χ1) is 10.8. The molecule has 2 aliphatic rings. The third-order valence-electron chi connectivity index (χ3n) is 5.26. The third kappa shape index (κ3) is 4.09. The SMILES string of the molecule is CC1(OCc2ccccc2)CCCCN1C[C@H]1CCCNC1. The van der Waals surface area contributed by atoms with Crippen LogP contribution >= 0.6 is 0 Å². The molecule has 1 aromatic rings. The zero-order chi connectivity index (χ0) is 15.3. The number of benzene rings is 1. The third-order valence-corrected chi connectivity index (χ3v) is 5.26. The minimum absolute atomic E-state index is 0.0917. The van der Waals surface area contributed by atoms with Gasteiger partial charge in [-0.3, -0.25) is 4.90 Å². The van der Waals surface area contributed by atoms with Crippen molar-refractivity contribution in [1.29, 1.82) is 0 Å². The zero-order valence-electron chi connectivity index (χ0n) is 13.9. The second-order valence-electron chi connectivity index (χ2n) is 7.06. The molecule has 2 aliphatic heterocycles. The predicted octanol–water partition coefficient (Wildman–Crippen LogP) is 3.40. The van der Waals surface area contributed by atoms with Gasteiger partial charge in [-0.05, 0) is 63.6 Å². The minimum Gasteiger partial charge on any atom is -0.356 e. The van der Waals surface area contributed by atoms with Crippen LogP contribution in [0.3, 0.4) is 0 Å². The highest BCUT2D eigenvalue weighted by Gasteiger charge is 2.36. The van der Waals surface area contributed by atoms with Gasteiger partial charge in [-0.1, -0.05) is 30.3 Å². The molecule has 122 valence electrons. The lowest BCUT2D eigenvalue weighted by atomic mass is 9.94. The van der Waals surface area contributed by atoms with E-state index in [2.05, 4.69) is 47.5 Å². The first kappa shape index (κ1) is 16.0. The predicted molar refractivity (Wildman–Crippen MR) is 90.7 cm³/mol. The van der Waals surface area contributed by atoms with Crippen molar-refractivity contribution in [3.8, 4) is 0 Å². The highest BCUT2D eigenvalue weighted by Crippen LogP contribution is 2.31. The van der Waals surface area contributed by atoms with Crippen LogP contribution in [0.1, 0.15) is 44.6 Å². The molecule has 0 bridgehead atoms. The van der Waals surface area contributed by atoms with Crippen molar-refractivity contribution >= 4 is 0 Å². The van der Waals surface area contributed by atoms with E-state index in [0.717, 1.165) is 18.9 Å². The van der Waals surface area contributed by atoms with Crippen molar-refractivity contribution in [2.75, 3.05) is 26.2 Å². The normalized spacial score (nSPS) is 30.3. The van der Waals surface area contributed by atoms with Gasteiger partial charge in [0, 0.05) is 13.1 Å². The van der Waals surface area contributed by atoms with E-state index in [4.69, 9.17) is 4.74 Å². The van der Waals surface area contributed by atoms with E-state index in [-0.39, 0.29) is 5.72 Å². The molecule has 1 N–H and O–H groups in total. The molecule has 1 aromatic carbocycles. The number of hydrogen-bond donors (Lipinski definition) is 1. The Bertz CT molecular complexity index is 444. The van der Waals surface area contributed by atoms with Crippen molar-refractivity contribution in [1.82, 2.24) is 10.2 Å². The second-order valence-corrected chi connectivity index (χ2v) is 7.06. The molecule has 3 heteroatoms. The van der Waals surface area contributed by atoms with Gasteiger partial charge in [0.15, 0.2) is 0 Å². The van der Waals surface area contributed by atoms with E-state index >= 15 is 0 Å². The Morgan fingerprint density at radius 2 is 2.09 bits per heavy atom. The van der Waals surface area contributed by atoms with Gasteiger partial charge in [0.05, 0.1) is 6.61 Å². The number of nitrogens with zero attached hydrogens (tertiary/aromatic N) is 1. The molecule has 0 aromatic heterocycles. The Labute approximate surface area is 135 Å². The molecule has 22 heavy (non-hydrogen) atoms. The molecule has 2 fully saturated rings. The average Bonchev–Trinajstić information content (AvgIpc) is 2.57. The summed E-state index contributed by atoms with van der Waals surface area (Å²) in [7, 11) is 0. The van der Waals surface area contributed by atoms with Crippen LogP contribution in [0.5, 0.6) is 0 Å². The second kappa shape index (κ2) is 7.58. The first-order valence-corrected chi connectivity index (χ1v) is 8.90. The van der Waals surface area contributed by atoms with E-state index in [1.807, 2.05) is 0 Å². The van der Waals surface area contributed by atoms with Gasteiger partial charge in [-0.2, -0.15) is 0 Å². The summed E-state index contributed by atoms with van der Waals surface area (Å²) in [5.74, 6) is 0.784.